The number of hydrogen-bond acceptors (Lipinski definition) is 7. The summed E-state index contributed by atoms with van der Waals surface area (Å²) in [6.07, 6.45) is 0. The lowest BCUT2D eigenvalue weighted by atomic mass is 9.92. The van der Waals surface area contributed by atoms with E-state index in [4.69, 9.17) is 27.9 Å². The van der Waals surface area contributed by atoms with Crippen LogP contribution in [0.3, 0.4) is 0 Å². The van der Waals surface area contributed by atoms with E-state index in [2.05, 4.69) is 9.62 Å². The number of phenolic OH excluding ortho intramolecular Hbond substituents is 1. The molecule has 12 heteroatoms. The molecule has 0 atom stereocenters. The predicted octanol–water partition coefficient (Wildman–Crippen LogP) is 3.99. The van der Waals surface area contributed by atoms with E-state index in [9.17, 15) is 23.1 Å². The molecule has 1 aliphatic rings. The number of benzene rings is 3. The molecule has 0 aliphatic carbocycles. The summed E-state index contributed by atoms with van der Waals surface area (Å²) < 4.78 is 32.1. The lowest BCUT2D eigenvalue weighted by Crippen LogP contribution is -2.62. The van der Waals surface area contributed by atoms with Gasteiger partial charge in [-0.15, -0.1) is 0 Å². The number of sulfonamides is 1. The summed E-state index contributed by atoms with van der Waals surface area (Å²) in [5, 5.41) is 11.3. The monoisotopic (exact) mass is 605 g/mol. The van der Waals surface area contributed by atoms with Crippen LogP contribution in [0.4, 0.5) is 5.69 Å². The van der Waals surface area contributed by atoms with E-state index in [1.165, 1.54) is 17.0 Å². The number of halogens is 2. The molecule has 0 aromatic heterocycles. The Morgan fingerprint density at radius 1 is 1.02 bits per heavy atom. The Hall–Kier alpha value is -3.15. The molecule has 4 rings (SSSR count). The van der Waals surface area contributed by atoms with Gasteiger partial charge in [0.2, 0.25) is 15.9 Å². The Kier molecular flexibility index (Phi) is 9.70. The smallest absolute Gasteiger partial charge is 0.320 e. The van der Waals surface area contributed by atoms with Crippen LogP contribution < -0.4 is 9.62 Å². The Morgan fingerprint density at radius 2 is 1.60 bits per heavy atom. The number of esters is 1. The molecule has 1 saturated heterocycles. The molecule has 40 heavy (non-hydrogen) atoms. The Bertz CT molecular complexity index is 1400. The fourth-order valence-electron chi connectivity index (χ4n) is 4.63. The van der Waals surface area contributed by atoms with Crippen LogP contribution in [0.1, 0.15) is 24.1 Å². The first-order valence-corrected chi connectivity index (χ1v) is 15.0. The average molecular weight is 607 g/mol. The summed E-state index contributed by atoms with van der Waals surface area (Å²) >= 11 is 12.2. The molecule has 3 aromatic carbocycles. The van der Waals surface area contributed by atoms with Gasteiger partial charge in [-0.25, -0.2) is 13.1 Å². The number of ether oxygens (including phenoxy) is 1. The van der Waals surface area contributed by atoms with Gasteiger partial charge in [-0.3, -0.25) is 14.5 Å². The van der Waals surface area contributed by atoms with Gasteiger partial charge in [0, 0.05) is 34.9 Å². The fourth-order valence-corrected chi connectivity index (χ4v) is 5.79. The van der Waals surface area contributed by atoms with Crippen LogP contribution in [0.2, 0.25) is 10.0 Å². The van der Waals surface area contributed by atoms with Crippen molar-refractivity contribution in [1.29, 1.82) is 0 Å². The molecular formula is C28H29Cl2N3O6S. The van der Waals surface area contributed by atoms with E-state index in [0.29, 0.717) is 28.8 Å². The number of phenols is 1. The molecule has 3 aromatic rings. The summed E-state index contributed by atoms with van der Waals surface area (Å²) in [6, 6.07) is 20.6. The molecular weight excluding hydrogens is 577 g/mol. The molecule has 1 heterocycles. The van der Waals surface area contributed by atoms with Crippen molar-refractivity contribution in [2.24, 2.45) is 0 Å². The first-order chi connectivity index (χ1) is 19.1. The van der Waals surface area contributed by atoms with Crippen LogP contribution in [-0.4, -0.2) is 68.3 Å². The molecule has 0 spiro atoms. The number of hydrogen-bond donors (Lipinski definition) is 2. The third-order valence-corrected chi connectivity index (χ3v) is 8.14. The van der Waals surface area contributed by atoms with Gasteiger partial charge < -0.3 is 14.7 Å². The lowest BCUT2D eigenvalue weighted by Gasteiger charge is -2.49. The summed E-state index contributed by atoms with van der Waals surface area (Å²) in [7, 11) is -4.14. The molecule has 1 amide bonds. The first-order valence-electron chi connectivity index (χ1n) is 12.6. The van der Waals surface area contributed by atoms with E-state index in [1.54, 1.807) is 19.1 Å². The van der Waals surface area contributed by atoms with Crippen LogP contribution in [0.15, 0.2) is 72.8 Å². The van der Waals surface area contributed by atoms with E-state index >= 15 is 0 Å². The quantitative estimate of drug-likeness (QED) is 0.317. The van der Waals surface area contributed by atoms with Crippen LogP contribution in [-0.2, 0) is 24.3 Å². The molecule has 0 unspecified atom stereocenters. The standard InChI is InChI=1S/C28H29Cl2N3O6S/c1-2-39-27(36)15-31-40(37,38)18-26(35)33(23-4-3-5-25(34)14-23)24-16-32(17-24)28(19-6-10-21(29)11-7-19)20-8-12-22(30)13-9-20/h3-14,24,28,31,34H,2,15-18H2,1H3. The fraction of sp³-hybridized carbons (Fsp3) is 0.286. The molecule has 0 saturated carbocycles. The number of rotatable bonds is 11. The molecule has 1 fully saturated rings. The summed E-state index contributed by atoms with van der Waals surface area (Å²) in [6.45, 7) is 1.99. The molecule has 212 valence electrons. The average Bonchev–Trinajstić information content (AvgIpc) is 2.88. The molecule has 0 radical (unpaired) electrons. The second kappa shape index (κ2) is 13.0. The van der Waals surface area contributed by atoms with Gasteiger partial charge in [0.05, 0.1) is 18.7 Å². The third-order valence-electron chi connectivity index (χ3n) is 6.42. The maximum Gasteiger partial charge on any atom is 0.320 e. The minimum absolute atomic E-state index is 0.0602. The largest absolute Gasteiger partial charge is 0.508 e. The molecule has 9 nitrogen and oxygen atoms in total. The second-order valence-corrected chi connectivity index (χ2v) is 12.0. The Balaban J connectivity index is 1.56. The highest BCUT2D eigenvalue weighted by Crippen LogP contribution is 2.36. The van der Waals surface area contributed by atoms with Crippen molar-refractivity contribution in [3.63, 3.8) is 0 Å². The second-order valence-electron chi connectivity index (χ2n) is 9.28. The lowest BCUT2D eigenvalue weighted by molar-refractivity contribution is -0.141. The molecule has 1 aliphatic heterocycles. The number of aromatic hydroxyl groups is 1. The van der Waals surface area contributed by atoms with Crippen molar-refractivity contribution >= 4 is 50.8 Å². The zero-order valence-corrected chi connectivity index (χ0v) is 24.0. The maximum absolute atomic E-state index is 13.4. The van der Waals surface area contributed by atoms with Crippen molar-refractivity contribution in [3.8, 4) is 5.75 Å². The van der Waals surface area contributed by atoms with E-state index < -0.39 is 34.2 Å². The van der Waals surface area contributed by atoms with Crippen LogP contribution >= 0.6 is 23.2 Å². The van der Waals surface area contributed by atoms with Crippen molar-refractivity contribution in [2.75, 3.05) is 36.9 Å². The number of nitrogens with one attached hydrogen (secondary N) is 1. The van der Waals surface area contributed by atoms with Crippen LogP contribution in [0.25, 0.3) is 0 Å². The first kappa shape index (κ1) is 29.8. The van der Waals surface area contributed by atoms with E-state index in [0.717, 1.165) is 11.1 Å². The van der Waals surface area contributed by atoms with Crippen molar-refractivity contribution in [1.82, 2.24) is 9.62 Å². The van der Waals surface area contributed by atoms with Gasteiger partial charge in [-0.1, -0.05) is 53.5 Å². The van der Waals surface area contributed by atoms with E-state index in [-0.39, 0.29) is 24.4 Å². The number of amides is 1. The van der Waals surface area contributed by atoms with Gasteiger partial charge in [0.25, 0.3) is 0 Å². The van der Waals surface area contributed by atoms with E-state index in [1.807, 2.05) is 48.5 Å². The summed E-state index contributed by atoms with van der Waals surface area (Å²) in [5.41, 5.74) is 2.35. The SMILES string of the molecule is CCOC(=O)CNS(=O)(=O)CC(=O)N(c1cccc(O)c1)C1CN(C(c2ccc(Cl)cc2)c2ccc(Cl)cc2)C1. The Morgan fingerprint density at radius 3 is 2.12 bits per heavy atom. The minimum Gasteiger partial charge on any atom is -0.508 e. The zero-order valence-electron chi connectivity index (χ0n) is 21.7. The Labute approximate surface area is 243 Å². The molecule has 2 N–H and O–H groups in total. The normalized spacial score (nSPS) is 14.1. The number of likely N-dealkylation sites (tertiary alicyclic amines) is 1. The topological polar surface area (TPSA) is 116 Å². The van der Waals surface area contributed by atoms with Crippen molar-refractivity contribution in [2.45, 2.75) is 19.0 Å². The number of nitrogens with zero attached hydrogens (tertiary/aromatic N) is 2. The van der Waals surface area contributed by atoms with Crippen LogP contribution in [0, 0.1) is 0 Å². The third kappa shape index (κ3) is 7.52. The predicted molar refractivity (Wildman–Crippen MR) is 154 cm³/mol. The molecule has 0 bridgehead atoms. The maximum atomic E-state index is 13.4. The van der Waals surface area contributed by atoms with Gasteiger partial charge >= 0.3 is 5.97 Å². The zero-order chi connectivity index (χ0) is 28.9. The highest BCUT2D eigenvalue weighted by Gasteiger charge is 2.40. The highest BCUT2D eigenvalue weighted by atomic mass is 35.5. The number of carbonyl (C=O) groups excluding carboxylic acids is 2. The number of carbonyl (C=O) groups is 2. The van der Waals surface area contributed by atoms with Crippen molar-refractivity contribution in [3.05, 3.63) is 94.0 Å². The van der Waals surface area contributed by atoms with Gasteiger partial charge in [-0.05, 0) is 54.4 Å². The highest BCUT2D eigenvalue weighted by molar-refractivity contribution is 7.90. The summed E-state index contributed by atoms with van der Waals surface area (Å²) in [5.74, 6) is -2.37. The van der Waals surface area contributed by atoms with Gasteiger partial charge in [-0.2, -0.15) is 0 Å². The minimum atomic E-state index is -4.14. The number of anilines is 1. The summed E-state index contributed by atoms with van der Waals surface area (Å²) in [4.78, 5) is 28.6. The van der Waals surface area contributed by atoms with Gasteiger partial charge in [0.15, 0.2) is 0 Å². The van der Waals surface area contributed by atoms with Gasteiger partial charge in [0.1, 0.15) is 18.0 Å². The van der Waals surface area contributed by atoms with Crippen LogP contribution in [0.5, 0.6) is 5.75 Å². The van der Waals surface area contributed by atoms with Crippen molar-refractivity contribution < 1.29 is 27.9 Å².